The molecule has 1 saturated heterocycles. The number of carbonyl (C=O) groups is 13. The molecule has 1 aliphatic rings. The Balaban J connectivity index is 2.48. The fraction of sp³-hybridized carbons (Fsp3) is 0.754. The predicted molar refractivity (Wildman–Crippen MR) is 371 cm³/mol. The van der Waals surface area contributed by atoms with Crippen LogP contribution in [0, 0.1) is 11.8 Å². The second-order valence-electron chi connectivity index (χ2n) is 26.5. The lowest BCUT2D eigenvalue weighted by molar-refractivity contribution is -0.144. The molecule has 0 spiro atoms. The highest BCUT2D eigenvalue weighted by Crippen LogP contribution is 2.21. The number of aromatic nitrogens is 2. The van der Waals surface area contributed by atoms with Crippen LogP contribution in [-0.2, 0) is 68.7 Å². The summed E-state index contributed by atoms with van der Waals surface area (Å²) >= 11 is 0. The Kier molecular flexibility index (Phi) is 42.3. The number of nitrogens with two attached hydrogens (primary N) is 6. The highest BCUT2D eigenvalue weighted by atomic mass is 16.4. The first-order chi connectivity index (χ1) is 47.8. The Morgan fingerprint density at radius 1 is 0.485 bits per heavy atom. The summed E-state index contributed by atoms with van der Waals surface area (Å²) in [4.78, 5) is 187. The molecule has 36 heteroatoms. The predicted octanol–water partition coefficient (Wildman–Crippen LogP) is -4.82. The first kappa shape index (κ1) is 89.1. The van der Waals surface area contributed by atoms with E-state index >= 15 is 0 Å². The van der Waals surface area contributed by atoms with Crippen LogP contribution < -0.4 is 87.6 Å². The standard InChI is InChI=1S/C65H117N19O17/c1-36(2)32-41(71)54(89)83-53(39(6)86)64(99)84-31-17-23-49(84)61(96)77-45(21-10-15-29-69)56(91)76-44(20-9-14-28-68)59(94)80-48(33-40-34-72-35-73-40)60(95)82-52(38(5)85)63(98)81-51(37(3)4)62(97)78-46(22-11-16-30-70)57(92)74-42(18-7-12-26-66)55(90)75-43(19-8-13-27-67)58(93)79-47(65(100)101)24-25-50(87)88/h34-39,41-49,51-53,85-86H,7-33,66-71H2,1-6H3,(H,72,73)(H,74,92)(H,75,90)(H,76,91)(H,77,96)(H,78,97)(H,79,93)(H,80,94)(H,81,98)(H,82,95)(H,83,89)(H,87,88)(H,100,101)/t38-,39-,41+,42+,43+,44+,45+,46+,47+,48+,49+,51+,52+,53+/m1/s1. The summed E-state index contributed by atoms with van der Waals surface area (Å²) in [5, 5.41) is 66.7. The summed E-state index contributed by atoms with van der Waals surface area (Å²) in [6.07, 6.45) is 2.66. The van der Waals surface area contributed by atoms with Crippen LogP contribution in [0.25, 0.3) is 0 Å². The molecular weight excluding hydrogens is 1320 g/mol. The molecule has 1 aromatic heterocycles. The van der Waals surface area contributed by atoms with Gasteiger partial charge in [0.2, 0.25) is 65.0 Å². The molecule has 0 aromatic carbocycles. The molecule has 0 unspecified atom stereocenters. The van der Waals surface area contributed by atoms with Crippen LogP contribution in [0.5, 0.6) is 0 Å². The number of unbranched alkanes of at least 4 members (excludes halogenated alkanes) is 5. The van der Waals surface area contributed by atoms with Gasteiger partial charge >= 0.3 is 11.9 Å². The zero-order valence-electron chi connectivity index (χ0n) is 59.4. The van der Waals surface area contributed by atoms with Crippen molar-refractivity contribution in [3.05, 3.63) is 18.2 Å². The molecule has 27 N–H and O–H groups in total. The van der Waals surface area contributed by atoms with E-state index < -0.39 is 180 Å². The summed E-state index contributed by atoms with van der Waals surface area (Å²) in [6.45, 7) is 10.6. The third-order valence-corrected chi connectivity index (χ3v) is 17.0. The number of hydrogen-bond acceptors (Lipinski definition) is 22. The van der Waals surface area contributed by atoms with Crippen molar-refractivity contribution in [3.8, 4) is 0 Å². The number of nitrogens with one attached hydrogen (secondary N) is 11. The number of amides is 11. The maximum Gasteiger partial charge on any atom is 0.326 e. The van der Waals surface area contributed by atoms with E-state index in [0.29, 0.717) is 69.9 Å². The van der Waals surface area contributed by atoms with Crippen molar-refractivity contribution in [2.24, 2.45) is 46.2 Å². The van der Waals surface area contributed by atoms with Gasteiger partial charge in [-0.25, -0.2) is 9.78 Å². The number of aliphatic hydroxyl groups excluding tert-OH is 2. The average Bonchev–Trinajstić information content (AvgIpc) is 1.76. The number of aliphatic hydroxyl groups is 2. The Bertz CT molecular complexity index is 2780. The van der Waals surface area contributed by atoms with Crippen LogP contribution in [0.3, 0.4) is 0 Å². The SMILES string of the molecule is CC(C)C[C@H](N)C(=O)N[C@H](C(=O)N1CCC[C@H]1C(=O)N[C@@H](CCCCN)C(=O)N[C@@H](CCCCN)C(=O)N[C@@H](Cc1cnc[nH]1)C(=O)N[C@H](C(=O)N[C@H](C(=O)N[C@@H](CCCCN)C(=O)N[C@@H](CCCCN)C(=O)N[C@@H](CCCCN)C(=O)N[C@@H](CCC(=O)O)C(=O)O)C(C)C)[C@@H](C)O)[C@@H](C)O. The van der Waals surface area contributed by atoms with Crippen molar-refractivity contribution in [1.29, 1.82) is 0 Å². The number of carboxylic acid groups (broad SMARTS) is 2. The van der Waals surface area contributed by atoms with Crippen molar-refractivity contribution < 1.29 is 82.8 Å². The number of likely N-dealkylation sites (tertiary alicyclic amines) is 1. The molecule has 14 atom stereocenters. The molecule has 574 valence electrons. The summed E-state index contributed by atoms with van der Waals surface area (Å²) in [6, 6.07) is -16.8. The van der Waals surface area contributed by atoms with Gasteiger partial charge in [-0.05, 0) is 180 Å². The number of rotatable bonds is 52. The highest BCUT2D eigenvalue weighted by molar-refractivity contribution is 6.00. The third-order valence-electron chi connectivity index (χ3n) is 17.0. The van der Waals surface area contributed by atoms with Crippen LogP contribution in [0.15, 0.2) is 12.5 Å². The van der Waals surface area contributed by atoms with E-state index in [1.807, 2.05) is 13.8 Å². The minimum atomic E-state index is -1.82. The Hall–Kier alpha value is -8.00. The second-order valence-corrected chi connectivity index (χ2v) is 26.5. The van der Waals surface area contributed by atoms with Crippen LogP contribution in [0.2, 0.25) is 0 Å². The van der Waals surface area contributed by atoms with E-state index in [2.05, 4.69) is 63.1 Å². The lowest BCUT2D eigenvalue weighted by Gasteiger charge is -2.31. The fourth-order valence-electron chi connectivity index (χ4n) is 11.2. The molecule has 0 radical (unpaired) electrons. The van der Waals surface area contributed by atoms with E-state index in [4.69, 9.17) is 39.5 Å². The van der Waals surface area contributed by atoms with Crippen molar-refractivity contribution in [2.75, 3.05) is 39.3 Å². The normalized spacial score (nSPS) is 16.8. The van der Waals surface area contributed by atoms with Gasteiger partial charge in [0.1, 0.15) is 66.5 Å². The van der Waals surface area contributed by atoms with Gasteiger partial charge in [-0.3, -0.25) is 57.5 Å². The van der Waals surface area contributed by atoms with Gasteiger partial charge < -0.3 is 118 Å². The molecular formula is C65H117N19O17. The average molecular weight is 1440 g/mol. The van der Waals surface area contributed by atoms with Gasteiger partial charge in [0.25, 0.3) is 0 Å². The number of aromatic amines is 1. The Morgan fingerprint density at radius 2 is 0.861 bits per heavy atom. The van der Waals surface area contributed by atoms with Gasteiger partial charge in [0, 0.05) is 31.3 Å². The summed E-state index contributed by atoms with van der Waals surface area (Å²) in [5.41, 5.74) is 35.3. The van der Waals surface area contributed by atoms with Crippen molar-refractivity contribution in [3.63, 3.8) is 0 Å². The lowest BCUT2D eigenvalue weighted by atomic mass is 10.00. The van der Waals surface area contributed by atoms with E-state index in [0.717, 1.165) is 0 Å². The Labute approximate surface area is 590 Å². The fourth-order valence-corrected chi connectivity index (χ4v) is 11.2. The number of hydrogen-bond donors (Lipinski definition) is 21. The number of aliphatic carboxylic acids is 2. The van der Waals surface area contributed by atoms with Crippen molar-refractivity contribution in [1.82, 2.24) is 68.0 Å². The zero-order valence-corrected chi connectivity index (χ0v) is 59.4. The quantitative estimate of drug-likeness (QED) is 0.0272. The van der Waals surface area contributed by atoms with Crippen LogP contribution in [0.4, 0.5) is 0 Å². The van der Waals surface area contributed by atoms with E-state index in [9.17, 15) is 77.6 Å². The topological polar surface area (TPSA) is 611 Å². The third kappa shape index (κ3) is 32.7. The minimum Gasteiger partial charge on any atom is -0.481 e. The molecule has 0 saturated carbocycles. The van der Waals surface area contributed by atoms with E-state index in [1.165, 1.54) is 31.3 Å². The van der Waals surface area contributed by atoms with Gasteiger partial charge in [-0.15, -0.1) is 0 Å². The van der Waals surface area contributed by atoms with Crippen LogP contribution >= 0.6 is 0 Å². The first-order valence-corrected chi connectivity index (χ1v) is 35.2. The molecule has 1 aliphatic heterocycles. The largest absolute Gasteiger partial charge is 0.481 e. The smallest absolute Gasteiger partial charge is 0.326 e. The first-order valence-electron chi connectivity index (χ1n) is 35.2. The van der Waals surface area contributed by atoms with Crippen molar-refractivity contribution in [2.45, 2.75) is 261 Å². The maximum atomic E-state index is 14.6. The summed E-state index contributed by atoms with van der Waals surface area (Å²) in [7, 11) is 0. The van der Waals surface area contributed by atoms with Crippen LogP contribution in [-0.4, -0.2) is 236 Å². The number of imidazole rings is 1. The van der Waals surface area contributed by atoms with Gasteiger partial charge in [-0.2, -0.15) is 0 Å². The van der Waals surface area contributed by atoms with Gasteiger partial charge in [-0.1, -0.05) is 27.7 Å². The van der Waals surface area contributed by atoms with E-state index in [1.54, 1.807) is 13.8 Å². The van der Waals surface area contributed by atoms with Crippen molar-refractivity contribution >= 4 is 76.9 Å². The van der Waals surface area contributed by atoms with Gasteiger partial charge in [0.15, 0.2) is 0 Å². The lowest BCUT2D eigenvalue weighted by Crippen LogP contribution is -2.63. The minimum absolute atomic E-state index is 0.0140. The van der Waals surface area contributed by atoms with Crippen LogP contribution in [0.1, 0.15) is 176 Å². The molecule has 1 aromatic rings. The number of carbonyl (C=O) groups excluding carboxylic acids is 11. The molecule has 101 heavy (non-hydrogen) atoms. The molecule has 0 bridgehead atoms. The number of H-pyrrole nitrogens is 1. The molecule has 11 amide bonds. The van der Waals surface area contributed by atoms with E-state index in [-0.39, 0.29) is 103 Å². The Morgan fingerprint density at radius 3 is 1.24 bits per heavy atom. The molecule has 2 heterocycles. The highest BCUT2D eigenvalue weighted by Gasteiger charge is 2.42. The maximum absolute atomic E-state index is 14.6. The molecule has 1 fully saturated rings. The molecule has 0 aliphatic carbocycles. The second kappa shape index (κ2) is 48.0. The number of carboxylic acids is 2. The summed E-state index contributed by atoms with van der Waals surface area (Å²) < 4.78 is 0. The summed E-state index contributed by atoms with van der Waals surface area (Å²) in [5.74, 6) is -12.9. The van der Waals surface area contributed by atoms with Gasteiger partial charge in [0.05, 0.1) is 24.6 Å². The monoisotopic (exact) mass is 1440 g/mol. The molecule has 2 rings (SSSR count). The zero-order chi connectivity index (χ0) is 75.9. The molecule has 36 nitrogen and oxygen atoms in total. The number of nitrogens with zero attached hydrogens (tertiary/aromatic N) is 2.